The molecular weight excluding hydrogens is 176 g/mol. The summed E-state index contributed by atoms with van der Waals surface area (Å²) in [5.74, 6) is 0.297. The Labute approximate surface area is 84.9 Å². The summed E-state index contributed by atoms with van der Waals surface area (Å²) in [6, 6.07) is 5.79. The number of aliphatic hydroxyl groups is 1. The van der Waals surface area contributed by atoms with Gasteiger partial charge in [0.15, 0.2) is 12.4 Å². The minimum Gasteiger partial charge on any atom is -0.490 e. The third-order valence-electron chi connectivity index (χ3n) is 2.09. The van der Waals surface area contributed by atoms with Gasteiger partial charge in [-0.1, -0.05) is 6.07 Å². The lowest BCUT2D eigenvalue weighted by Crippen LogP contribution is -2.30. The molecule has 1 heterocycles. The minimum atomic E-state index is 0.297. The number of pyridine rings is 1. The molecule has 0 aliphatic carbocycles. The predicted octanol–water partition coefficient (Wildman–Crippen LogP) is 1.63. The van der Waals surface area contributed by atoms with Crippen LogP contribution in [0.1, 0.15) is 13.8 Å². The van der Waals surface area contributed by atoms with Gasteiger partial charge in [0.25, 0.3) is 5.88 Å². The summed E-state index contributed by atoms with van der Waals surface area (Å²) in [6.45, 7) is 5.66. The maximum absolute atomic E-state index is 9.73. The van der Waals surface area contributed by atoms with Crippen LogP contribution < -0.4 is 4.57 Å². The van der Waals surface area contributed by atoms with Crippen molar-refractivity contribution in [3.05, 3.63) is 36.5 Å². The van der Waals surface area contributed by atoms with Gasteiger partial charge in [-0.15, -0.1) is 0 Å². The Morgan fingerprint density at radius 1 is 1.21 bits per heavy atom. The van der Waals surface area contributed by atoms with Crippen molar-refractivity contribution in [3.63, 3.8) is 0 Å². The average Bonchev–Trinajstić information content (AvgIpc) is 2.21. The number of aliphatic hydroxyl groups excluding tert-OH is 1. The van der Waals surface area contributed by atoms with Gasteiger partial charge in [0, 0.05) is 25.2 Å². The molecule has 1 rings (SSSR count). The molecule has 3 heteroatoms. The van der Waals surface area contributed by atoms with Gasteiger partial charge in [-0.2, -0.15) is 4.57 Å². The highest BCUT2D eigenvalue weighted by Gasteiger charge is 2.05. The lowest BCUT2D eigenvalue weighted by atomic mass is 10.5. The summed E-state index contributed by atoms with van der Waals surface area (Å²) in [5, 5.41) is 9.73. The molecule has 0 spiro atoms. The van der Waals surface area contributed by atoms with E-state index >= 15 is 0 Å². The zero-order valence-electron chi connectivity index (χ0n) is 8.72. The standard InChI is InChI=1S/C11H16N2O/c1-3-13(4-2)11(14)10-12-8-6-5-7-9-12/h5-10H,3-4H2,1-2H3/p+1/b11-10-. The monoisotopic (exact) mass is 193 g/mol. The Bertz CT molecular complexity index is 291. The molecule has 0 atom stereocenters. The fraction of sp³-hybridized carbons (Fsp3) is 0.364. The van der Waals surface area contributed by atoms with Crippen molar-refractivity contribution in [1.29, 1.82) is 0 Å². The zero-order chi connectivity index (χ0) is 10.4. The Hall–Kier alpha value is -1.51. The molecule has 0 amide bonds. The normalized spacial score (nSPS) is 11.4. The van der Waals surface area contributed by atoms with Crippen LogP contribution in [-0.4, -0.2) is 23.1 Å². The highest BCUT2D eigenvalue weighted by atomic mass is 16.3. The Kier molecular flexibility index (Phi) is 3.98. The first-order chi connectivity index (χ1) is 6.77. The van der Waals surface area contributed by atoms with E-state index in [-0.39, 0.29) is 0 Å². The number of hydrogen-bond donors (Lipinski definition) is 1. The summed E-state index contributed by atoms with van der Waals surface area (Å²) in [4.78, 5) is 1.89. The average molecular weight is 193 g/mol. The van der Waals surface area contributed by atoms with Gasteiger partial charge in [-0.05, 0) is 13.8 Å². The molecule has 76 valence electrons. The maximum atomic E-state index is 9.73. The van der Waals surface area contributed by atoms with Crippen molar-refractivity contribution >= 4 is 6.20 Å². The smallest absolute Gasteiger partial charge is 0.253 e. The van der Waals surface area contributed by atoms with Crippen molar-refractivity contribution in [2.75, 3.05) is 13.1 Å². The number of aromatic nitrogens is 1. The van der Waals surface area contributed by atoms with E-state index in [2.05, 4.69) is 0 Å². The van der Waals surface area contributed by atoms with Crippen molar-refractivity contribution < 1.29 is 9.67 Å². The van der Waals surface area contributed by atoms with E-state index < -0.39 is 0 Å². The van der Waals surface area contributed by atoms with Crippen LogP contribution in [0.5, 0.6) is 0 Å². The molecule has 0 aliphatic heterocycles. The van der Waals surface area contributed by atoms with Crippen molar-refractivity contribution in [2.45, 2.75) is 13.8 Å². The fourth-order valence-electron chi connectivity index (χ4n) is 1.26. The van der Waals surface area contributed by atoms with Crippen molar-refractivity contribution in [1.82, 2.24) is 4.90 Å². The maximum Gasteiger partial charge on any atom is 0.253 e. The van der Waals surface area contributed by atoms with Crippen LogP contribution in [0.2, 0.25) is 0 Å². The molecule has 0 aliphatic rings. The zero-order valence-corrected chi connectivity index (χ0v) is 8.72. The molecule has 0 radical (unpaired) electrons. The molecule has 1 N–H and O–H groups in total. The van der Waals surface area contributed by atoms with Crippen LogP contribution in [0.15, 0.2) is 36.5 Å². The van der Waals surface area contributed by atoms with E-state index in [1.807, 2.05) is 53.9 Å². The van der Waals surface area contributed by atoms with Gasteiger partial charge in [0.05, 0.1) is 0 Å². The quantitative estimate of drug-likeness (QED) is 0.581. The second-order valence-electron chi connectivity index (χ2n) is 2.98. The van der Waals surface area contributed by atoms with E-state index in [4.69, 9.17) is 0 Å². The predicted molar refractivity (Wildman–Crippen MR) is 56.5 cm³/mol. The highest BCUT2D eigenvalue weighted by Crippen LogP contribution is 1.97. The van der Waals surface area contributed by atoms with Gasteiger partial charge >= 0.3 is 0 Å². The molecule has 0 fully saturated rings. The van der Waals surface area contributed by atoms with Crippen LogP contribution in [-0.2, 0) is 0 Å². The topological polar surface area (TPSA) is 27.3 Å². The van der Waals surface area contributed by atoms with Gasteiger partial charge in [0.1, 0.15) is 0 Å². The molecular formula is C11H17N2O+. The first-order valence-electron chi connectivity index (χ1n) is 4.89. The summed E-state index contributed by atoms with van der Waals surface area (Å²) < 4.78 is 1.83. The highest BCUT2D eigenvalue weighted by molar-refractivity contribution is 5.11. The Morgan fingerprint density at radius 3 is 2.29 bits per heavy atom. The molecule has 0 saturated carbocycles. The van der Waals surface area contributed by atoms with E-state index in [0.717, 1.165) is 13.1 Å². The fourth-order valence-corrected chi connectivity index (χ4v) is 1.26. The molecule has 0 bridgehead atoms. The van der Waals surface area contributed by atoms with Crippen LogP contribution in [0.25, 0.3) is 6.20 Å². The lowest BCUT2D eigenvalue weighted by Gasteiger charge is -2.17. The van der Waals surface area contributed by atoms with Crippen LogP contribution in [0.4, 0.5) is 0 Å². The Balaban J connectivity index is 2.77. The second-order valence-corrected chi connectivity index (χ2v) is 2.98. The lowest BCUT2D eigenvalue weighted by molar-refractivity contribution is -0.570. The third kappa shape index (κ3) is 2.76. The van der Waals surface area contributed by atoms with Crippen LogP contribution >= 0.6 is 0 Å². The van der Waals surface area contributed by atoms with Gasteiger partial charge in [-0.25, -0.2) is 0 Å². The number of nitrogens with zero attached hydrogens (tertiary/aromatic N) is 2. The minimum absolute atomic E-state index is 0.297. The molecule has 3 nitrogen and oxygen atoms in total. The SMILES string of the molecule is CCN(CC)/C(O)=C/[n+]1ccccc1. The number of hydrogen-bond acceptors (Lipinski definition) is 2. The summed E-state index contributed by atoms with van der Waals surface area (Å²) in [6.07, 6.45) is 5.48. The third-order valence-corrected chi connectivity index (χ3v) is 2.09. The molecule has 1 aromatic rings. The van der Waals surface area contributed by atoms with E-state index in [0.29, 0.717) is 5.88 Å². The van der Waals surface area contributed by atoms with Crippen molar-refractivity contribution in [3.8, 4) is 0 Å². The molecule has 1 aromatic heterocycles. The first-order valence-corrected chi connectivity index (χ1v) is 4.89. The van der Waals surface area contributed by atoms with Gasteiger partial charge < -0.3 is 10.0 Å². The molecule has 0 aromatic carbocycles. The largest absolute Gasteiger partial charge is 0.490 e. The Morgan fingerprint density at radius 2 is 1.79 bits per heavy atom. The van der Waals surface area contributed by atoms with Crippen LogP contribution in [0.3, 0.4) is 0 Å². The second kappa shape index (κ2) is 5.27. The van der Waals surface area contributed by atoms with E-state index in [1.165, 1.54) is 0 Å². The van der Waals surface area contributed by atoms with Crippen molar-refractivity contribution in [2.24, 2.45) is 0 Å². The van der Waals surface area contributed by atoms with E-state index in [1.54, 1.807) is 6.20 Å². The van der Waals surface area contributed by atoms with E-state index in [9.17, 15) is 5.11 Å². The first kappa shape index (κ1) is 10.6. The summed E-state index contributed by atoms with van der Waals surface area (Å²) in [5.41, 5.74) is 0. The van der Waals surface area contributed by atoms with Gasteiger partial charge in [0.2, 0.25) is 6.20 Å². The molecule has 0 saturated heterocycles. The van der Waals surface area contributed by atoms with Crippen LogP contribution in [0, 0.1) is 0 Å². The molecule has 14 heavy (non-hydrogen) atoms. The molecule has 0 unspecified atom stereocenters. The van der Waals surface area contributed by atoms with Gasteiger partial charge in [-0.3, -0.25) is 0 Å². The summed E-state index contributed by atoms with van der Waals surface area (Å²) in [7, 11) is 0. The number of rotatable bonds is 4. The summed E-state index contributed by atoms with van der Waals surface area (Å²) >= 11 is 0.